The molecule has 0 radical (unpaired) electrons. The molecule has 4 rings (SSSR count). The summed E-state index contributed by atoms with van der Waals surface area (Å²) in [6.45, 7) is 4.26. The van der Waals surface area contributed by atoms with Crippen LogP contribution in [0.5, 0.6) is 0 Å². The molecule has 1 aliphatic heterocycles. The molecule has 0 amide bonds. The van der Waals surface area contributed by atoms with Crippen molar-refractivity contribution in [3.63, 3.8) is 0 Å². The number of hydrogen-bond donors (Lipinski definition) is 2. The summed E-state index contributed by atoms with van der Waals surface area (Å²) in [5, 5.41) is 3.57. The molecule has 1 unspecified atom stereocenters. The van der Waals surface area contributed by atoms with E-state index in [-0.39, 0.29) is 6.04 Å². The smallest absolute Gasteiger partial charge is 0.157 e. The van der Waals surface area contributed by atoms with E-state index >= 15 is 0 Å². The van der Waals surface area contributed by atoms with Gasteiger partial charge in [0.1, 0.15) is 12.0 Å². The van der Waals surface area contributed by atoms with Crippen LogP contribution in [0.1, 0.15) is 36.9 Å². The first-order valence-corrected chi connectivity index (χ1v) is 9.94. The molecule has 1 saturated heterocycles. The van der Waals surface area contributed by atoms with Crippen molar-refractivity contribution in [1.29, 1.82) is 0 Å². The van der Waals surface area contributed by atoms with Gasteiger partial charge in [0.15, 0.2) is 11.6 Å². The van der Waals surface area contributed by atoms with Crippen molar-refractivity contribution in [2.45, 2.75) is 25.8 Å². The third-order valence-corrected chi connectivity index (χ3v) is 5.37. The monoisotopic (exact) mass is 373 g/mol. The van der Waals surface area contributed by atoms with Crippen molar-refractivity contribution in [2.75, 3.05) is 29.0 Å². The molecule has 1 fully saturated rings. The first kappa shape index (κ1) is 18.3. The minimum Gasteiger partial charge on any atom is -0.393 e. The van der Waals surface area contributed by atoms with Crippen LogP contribution in [0, 0.1) is 5.92 Å². The van der Waals surface area contributed by atoms with Crippen LogP contribution in [0.4, 0.5) is 17.3 Å². The quantitative estimate of drug-likeness (QED) is 0.689. The second kappa shape index (κ2) is 8.30. The van der Waals surface area contributed by atoms with Gasteiger partial charge in [-0.3, -0.25) is 0 Å². The lowest BCUT2D eigenvalue weighted by Gasteiger charge is -2.33. The number of anilines is 3. The highest BCUT2D eigenvalue weighted by atomic mass is 15.2. The Labute approximate surface area is 166 Å². The van der Waals surface area contributed by atoms with Crippen molar-refractivity contribution in [3.8, 4) is 0 Å². The molecule has 3 aromatic rings. The number of piperidine rings is 1. The molecule has 5 heteroatoms. The minimum absolute atomic E-state index is 0.0345. The normalized spacial score (nSPS) is 16.9. The molecule has 144 valence electrons. The fraction of sp³-hybridized carbons (Fsp3) is 0.304. The van der Waals surface area contributed by atoms with Crippen LogP contribution in [-0.2, 0) is 0 Å². The average molecular weight is 374 g/mol. The zero-order valence-corrected chi connectivity index (χ0v) is 16.3. The van der Waals surface area contributed by atoms with Crippen LogP contribution in [0.15, 0.2) is 67.0 Å². The maximum Gasteiger partial charge on any atom is 0.157 e. The standard InChI is InChI=1S/C23H27N5/c1-17-9-8-14-28(15-17)23-20(24)22(25-16-26-23)27-21(18-10-4-2-5-11-18)19-12-6-3-7-13-19/h2-7,10-13,16-17,21H,8-9,14-15,24H2,1H3,(H,25,26,27). The molecule has 5 nitrogen and oxygen atoms in total. The van der Waals surface area contributed by atoms with Gasteiger partial charge in [0, 0.05) is 13.1 Å². The van der Waals surface area contributed by atoms with Gasteiger partial charge in [-0.25, -0.2) is 9.97 Å². The summed E-state index contributed by atoms with van der Waals surface area (Å²) in [4.78, 5) is 11.3. The van der Waals surface area contributed by atoms with Crippen LogP contribution in [0.25, 0.3) is 0 Å². The average Bonchev–Trinajstić information content (AvgIpc) is 2.74. The fourth-order valence-electron chi connectivity index (χ4n) is 3.92. The molecule has 1 atom stereocenters. The van der Waals surface area contributed by atoms with Crippen LogP contribution < -0.4 is 16.0 Å². The number of nitrogens with two attached hydrogens (primary N) is 1. The topological polar surface area (TPSA) is 67.1 Å². The third-order valence-electron chi connectivity index (χ3n) is 5.37. The molecule has 0 spiro atoms. The number of aromatic nitrogens is 2. The van der Waals surface area contributed by atoms with Gasteiger partial charge in [-0.15, -0.1) is 0 Å². The molecular weight excluding hydrogens is 346 g/mol. The van der Waals surface area contributed by atoms with Gasteiger partial charge < -0.3 is 16.0 Å². The van der Waals surface area contributed by atoms with Gasteiger partial charge in [0.2, 0.25) is 0 Å². The van der Waals surface area contributed by atoms with Crippen molar-refractivity contribution < 1.29 is 0 Å². The predicted octanol–water partition coefficient (Wildman–Crippen LogP) is 4.50. The Balaban J connectivity index is 1.67. The summed E-state index contributed by atoms with van der Waals surface area (Å²) < 4.78 is 0. The highest BCUT2D eigenvalue weighted by Gasteiger charge is 2.22. The van der Waals surface area contributed by atoms with E-state index in [1.54, 1.807) is 6.33 Å². The second-order valence-corrected chi connectivity index (χ2v) is 7.55. The Kier molecular flexibility index (Phi) is 5.42. The predicted molar refractivity (Wildman–Crippen MR) is 115 cm³/mol. The molecule has 0 saturated carbocycles. The number of rotatable bonds is 5. The summed E-state index contributed by atoms with van der Waals surface area (Å²) in [7, 11) is 0. The summed E-state index contributed by atoms with van der Waals surface area (Å²) in [5.41, 5.74) is 9.49. The third kappa shape index (κ3) is 3.93. The SMILES string of the molecule is CC1CCCN(c2ncnc(NC(c3ccccc3)c3ccccc3)c2N)C1. The van der Waals surface area contributed by atoms with E-state index in [1.165, 1.54) is 24.0 Å². The van der Waals surface area contributed by atoms with E-state index in [1.807, 2.05) is 12.1 Å². The van der Waals surface area contributed by atoms with Crippen LogP contribution in [0.2, 0.25) is 0 Å². The van der Waals surface area contributed by atoms with Gasteiger partial charge in [0.25, 0.3) is 0 Å². The van der Waals surface area contributed by atoms with E-state index in [4.69, 9.17) is 5.73 Å². The van der Waals surface area contributed by atoms with E-state index in [0.29, 0.717) is 17.4 Å². The van der Waals surface area contributed by atoms with E-state index in [9.17, 15) is 0 Å². The summed E-state index contributed by atoms with van der Waals surface area (Å²) in [5.74, 6) is 2.17. The van der Waals surface area contributed by atoms with E-state index in [2.05, 4.69) is 75.6 Å². The van der Waals surface area contributed by atoms with Gasteiger partial charge in [-0.05, 0) is 29.9 Å². The van der Waals surface area contributed by atoms with E-state index in [0.717, 1.165) is 18.9 Å². The summed E-state index contributed by atoms with van der Waals surface area (Å²) >= 11 is 0. The van der Waals surface area contributed by atoms with Crippen molar-refractivity contribution >= 4 is 17.3 Å². The molecular formula is C23H27N5. The molecule has 2 heterocycles. The van der Waals surface area contributed by atoms with E-state index < -0.39 is 0 Å². The first-order chi connectivity index (χ1) is 13.7. The Morgan fingerprint density at radius 3 is 2.25 bits per heavy atom. The lowest BCUT2D eigenvalue weighted by Crippen LogP contribution is -2.35. The second-order valence-electron chi connectivity index (χ2n) is 7.55. The number of nitrogens with one attached hydrogen (secondary N) is 1. The largest absolute Gasteiger partial charge is 0.393 e. The van der Waals surface area contributed by atoms with Crippen molar-refractivity contribution in [2.24, 2.45) is 5.92 Å². The van der Waals surface area contributed by atoms with Crippen LogP contribution in [-0.4, -0.2) is 23.1 Å². The Morgan fingerprint density at radius 2 is 1.64 bits per heavy atom. The molecule has 1 aliphatic rings. The highest BCUT2D eigenvalue weighted by Crippen LogP contribution is 2.33. The molecule has 3 N–H and O–H groups in total. The minimum atomic E-state index is -0.0345. The molecule has 0 bridgehead atoms. The maximum absolute atomic E-state index is 6.53. The number of nitrogen functional groups attached to an aromatic ring is 1. The van der Waals surface area contributed by atoms with Gasteiger partial charge in [-0.2, -0.15) is 0 Å². The zero-order valence-electron chi connectivity index (χ0n) is 16.3. The van der Waals surface area contributed by atoms with Crippen molar-refractivity contribution in [1.82, 2.24) is 9.97 Å². The Bertz CT molecular complexity index is 858. The summed E-state index contributed by atoms with van der Waals surface area (Å²) in [6, 6.07) is 20.7. The molecule has 2 aromatic carbocycles. The van der Waals surface area contributed by atoms with Crippen LogP contribution in [0.3, 0.4) is 0 Å². The molecule has 1 aromatic heterocycles. The van der Waals surface area contributed by atoms with Gasteiger partial charge in [-0.1, -0.05) is 67.6 Å². The highest BCUT2D eigenvalue weighted by molar-refractivity contribution is 5.75. The van der Waals surface area contributed by atoms with Crippen molar-refractivity contribution in [3.05, 3.63) is 78.1 Å². The van der Waals surface area contributed by atoms with Gasteiger partial charge >= 0.3 is 0 Å². The van der Waals surface area contributed by atoms with Crippen LogP contribution >= 0.6 is 0 Å². The zero-order chi connectivity index (χ0) is 19.3. The first-order valence-electron chi connectivity index (χ1n) is 9.94. The summed E-state index contributed by atoms with van der Waals surface area (Å²) in [6.07, 6.45) is 4.04. The Morgan fingerprint density at radius 1 is 1.00 bits per heavy atom. The molecule has 0 aliphatic carbocycles. The number of benzene rings is 2. The number of nitrogens with zero attached hydrogens (tertiary/aromatic N) is 3. The van der Waals surface area contributed by atoms with Gasteiger partial charge in [0.05, 0.1) is 6.04 Å². The fourth-order valence-corrected chi connectivity index (χ4v) is 3.92. The Hall–Kier alpha value is -3.08. The molecule has 28 heavy (non-hydrogen) atoms. The lowest BCUT2D eigenvalue weighted by molar-refractivity contribution is 0.445. The maximum atomic E-state index is 6.53. The lowest BCUT2D eigenvalue weighted by atomic mass is 9.98. The number of hydrogen-bond acceptors (Lipinski definition) is 5.